The van der Waals surface area contributed by atoms with Crippen molar-refractivity contribution >= 4 is 0 Å². The van der Waals surface area contributed by atoms with E-state index in [4.69, 9.17) is 4.74 Å². The average Bonchev–Trinajstić information content (AvgIpc) is 3.13. The van der Waals surface area contributed by atoms with Crippen LogP contribution < -0.4 is 0 Å². The van der Waals surface area contributed by atoms with Gasteiger partial charge in [-0.25, -0.2) is 0 Å². The van der Waals surface area contributed by atoms with Crippen LogP contribution >= 0.6 is 0 Å². The van der Waals surface area contributed by atoms with E-state index in [9.17, 15) is 0 Å². The molecule has 0 spiro atoms. The van der Waals surface area contributed by atoms with Crippen LogP contribution in [0.25, 0.3) is 0 Å². The molecule has 1 saturated heterocycles. The predicted octanol–water partition coefficient (Wildman–Crippen LogP) is 5.19. The Kier molecular flexibility index (Phi) is 3.22. The first-order chi connectivity index (χ1) is 9.65. The number of epoxide rings is 1. The van der Waals surface area contributed by atoms with Crippen molar-refractivity contribution < 1.29 is 4.74 Å². The zero-order valence-corrected chi connectivity index (χ0v) is 13.5. The van der Waals surface area contributed by atoms with Crippen molar-refractivity contribution in [2.24, 2.45) is 29.1 Å². The Morgan fingerprint density at radius 3 is 2.25 bits per heavy atom. The maximum Gasteiger partial charge on any atom is 0.0952 e. The zero-order valence-electron chi connectivity index (χ0n) is 13.5. The van der Waals surface area contributed by atoms with Crippen LogP contribution in [0.2, 0.25) is 0 Å². The Balaban J connectivity index is 1.47. The molecule has 5 aliphatic rings. The molecule has 1 nitrogen and oxygen atoms in total. The smallest absolute Gasteiger partial charge is 0.0952 e. The summed E-state index contributed by atoms with van der Waals surface area (Å²) in [5.41, 5.74) is 0.969. The number of hydrogen-bond donors (Lipinski definition) is 0. The van der Waals surface area contributed by atoms with E-state index in [1.807, 2.05) is 0 Å². The molecule has 4 bridgehead atoms. The van der Waals surface area contributed by atoms with E-state index in [1.54, 1.807) is 6.42 Å². The summed E-state index contributed by atoms with van der Waals surface area (Å²) in [6, 6.07) is 0. The van der Waals surface area contributed by atoms with Gasteiger partial charge in [0.25, 0.3) is 0 Å². The summed E-state index contributed by atoms with van der Waals surface area (Å²) >= 11 is 0. The van der Waals surface area contributed by atoms with E-state index in [0.29, 0.717) is 11.0 Å². The molecule has 0 aromatic rings. The minimum absolute atomic E-state index is 0.334. The highest BCUT2D eigenvalue weighted by Crippen LogP contribution is 2.68. The Bertz CT molecular complexity index is 356. The molecule has 1 aliphatic heterocycles. The van der Waals surface area contributed by atoms with E-state index in [-0.39, 0.29) is 0 Å². The van der Waals surface area contributed by atoms with Crippen molar-refractivity contribution in [3.8, 4) is 0 Å². The molecule has 0 radical (unpaired) electrons. The van der Waals surface area contributed by atoms with Crippen LogP contribution in [0.4, 0.5) is 0 Å². The normalized spacial score (nSPS) is 52.5. The van der Waals surface area contributed by atoms with Crippen molar-refractivity contribution in [1.82, 2.24) is 0 Å². The Morgan fingerprint density at radius 2 is 1.70 bits per heavy atom. The van der Waals surface area contributed by atoms with Gasteiger partial charge in [-0.3, -0.25) is 0 Å². The average molecular weight is 276 g/mol. The third-order valence-corrected chi connectivity index (χ3v) is 7.21. The van der Waals surface area contributed by atoms with Crippen LogP contribution in [0.1, 0.15) is 78.1 Å². The minimum atomic E-state index is 0.334. The molecule has 114 valence electrons. The first-order valence-electron chi connectivity index (χ1n) is 9.29. The molecular formula is C19H32O. The highest BCUT2D eigenvalue weighted by Gasteiger charge is 2.65. The fourth-order valence-electron chi connectivity index (χ4n) is 6.93. The molecule has 4 aliphatic carbocycles. The second-order valence-corrected chi connectivity index (χ2v) is 8.90. The molecule has 20 heavy (non-hydrogen) atoms. The molecule has 4 atom stereocenters. The Morgan fingerprint density at radius 1 is 1.00 bits per heavy atom. The lowest BCUT2D eigenvalue weighted by atomic mass is 9.43. The van der Waals surface area contributed by atoms with Gasteiger partial charge in [0.15, 0.2) is 0 Å². The second kappa shape index (κ2) is 4.73. The molecule has 0 aromatic heterocycles. The SMILES string of the molecule is CCCCCCC1(C2C3CC4CC(C3)CC2(C)C4)CO1. The van der Waals surface area contributed by atoms with Gasteiger partial charge in [-0.1, -0.05) is 39.5 Å². The highest BCUT2D eigenvalue weighted by molar-refractivity contribution is 5.14. The van der Waals surface area contributed by atoms with Gasteiger partial charge in [-0.2, -0.15) is 0 Å². The summed E-state index contributed by atoms with van der Waals surface area (Å²) in [6.07, 6.45) is 14.6. The van der Waals surface area contributed by atoms with E-state index in [1.165, 1.54) is 57.8 Å². The molecule has 4 saturated carbocycles. The van der Waals surface area contributed by atoms with Gasteiger partial charge in [-0.15, -0.1) is 0 Å². The first-order valence-corrected chi connectivity index (χ1v) is 9.29. The molecule has 4 unspecified atom stereocenters. The summed E-state index contributed by atoms with van der Waals surface area (Å²) in [5.74, 6) is 4.07. The van der Waals surface area contributed by atoms with E-state index in [0.717, 1.165) is 30.3 Å². The third kappa shape index (κ3) is 2.07. The van der Waals surface area contributed by atoms with Crippen LogP contribution in [0.5, 0.6) is 0 Å². The minimum Gasteiger partial charge on any atom is -0.369 e. The van der Waals surface area contributed by atoms with Gasteiger partial charge < -0.3 is 4.74 Å². The summed E-state index contributed by atoms with van der Waals surface area (Å²) in [6.45, 7) is 6.02. The van der Waals surface area contributed by atoms with Crippen molar-refractivity contribution in [2.45, 2.75) is 83.7 Å². The lowest BCUT2D eigenvalue weighted by Gasteiger charge is -2.61. The summed E-state index contributed by atoms with van der Waals surface area (Å²) in [4.78, 5) is 0. The molecular weight excluding hydrogens is 244 g/mol. The van der Waals surface area contributed by atoms with Crippen LogP contribution in [-0.2, 0) is 4.74 Å². The van der Waals surface area contributed by atoms with Crippen LogP contribution in [0.3, 0.4) is 0 Å². The van der Waals surface area contributed by atoms with Crippen LogP contribution in [0.15, 0.2) is 0 Å². The molecule has 0 amide bonds. The number of unbranched alkanes of at least 4 members (excludes halogenated alkanes) is 3. The Hall–Kier alpha value is -0.0400. The molecule has 5 fully saturated rings. The maximum absolute atomic E-state index is 6.17. The van der Waals surface area contributed by atoms with Gasteiger partial charge >= 0.3 is 0 Å². The number of hydrogen-bond acceptors (Lipinski definition) is 1. The van der Waals surface area contributed by atoms with Gasteiger partial charge in [0.2, 0.25) is 0 Å². The topological polar surface area (TPSA) is 12.5 Å². The maximum atomic E-state index is 6.17. The Labute approximate surface area is 124 Å². The first kappa shape index (κ1) is 13.6. The second-order valence-electron chi connectivity index (χ2n) is 8.90. The van der Waals surface area contributed by atoms with E-state index >= 15 is 0 Å². The molecule has 1 heteroatoms. The van der Waals surface area contributed by atoms with Crippen molar-refractivity contribution in [1.29, 1.82) is 0 Å². The fourth-order valence-corrected chi connectivity index (χ4v) is 6.93. The highest BCUT2D eigenvalue weighted by atomic mass is 16.6. The summed E-state index contributed by atoms with van der Waals surface area (Å²) < 4.78 is 6.17. The molecule has 1 heterocycles. The lowest BCUT2D eigenvalue weighted by Crippen LogP contribution is -2.56. The van der Waals surface area contributed by atoms with Crippen molar-refractivity contribution in [3.05, 3.63) is 0 Å². The predicted molar refractivity (Wildman–Crippen MR) is 82.6 cm³/mol. The summed E-state index contributed by atoms with van der Waals surface area (Å²) in [5, 5.41) is 0. The van der Waals surface area contributed by atoms with Gasteiger partial charge in [0, 0.05) is 0 Å². The summed E-state index contributed by atoms with van der Waals surface area (Å²) in [7, 11) is 0. The van der Waals surface area contributed by atoms with Crippen LogP contribution in [0, 0.1) is 29.1 Å². The monoisotopic (exact) mass is 276 g/mol. The van der Waals surface area contributed by atoms with E-state index < -0.39 is 0 Å². The van der Waals surface area contributed by atoms with Gasteiger partial charge in [0.1, 0.15) is 0 Å². The standard InChI is InChI=1S/C19H32O/c1-3-4-5-6-7-19(13-20-19)17-16-9-14-8-15(10-16)12-18(17,2)11-14/h14-17H,3-13H2,1-2H3. The van der Waals surface area contributed by atoms with Crippen molar-refractivity contribution in [2.75, 3.05) is 6.61 Å². The molecule has 0 aromatic carbocycles. The zero-order chi connectivity index (χ0) is 13.8. The molecule has 0 N–H and O–H groups in total. The number of ether oxygens (including phenoxy) is 1. The van der Waals surface area contributed by atoms with Gasteiger partial charge in [0.05, 0.1) is 12.2 Å². The lowest BCUT2D eigenvalue weighted by molar-refractivity contribution is -0.129. The molecule has 5 rings (SSSR count). The van der Waals surface area contributed by atoms with Crippen LogP contribution in [-0.4, -0.2) is 12.2 Å². The fraction of sp³-hybridized carbons (Fsp3) is 1.00. The third-order valence-electron chi connectivity index (χ3n) is 7.21. The van der Waals surface area contributed by atoms with E-state index in [2.05, 4.69) is 13.8 Å². The largest absolute Gasteiger partial charge is 0.369 e. The van der Waals surface area contributed by atoms with Gasteiger partial charge in [-0.05, 0) is 67.6 Å². The quantitative estimate of drug-likeness (QED) is 0.480. The van der Waals surface area contributed by atoms with Crippen molar-refractivity contribution in [3.63, 3.8) is 0 Å². The number of rotatable bonds is 6.